The van der Waals surface area contributed by atoms with Crippen LogP contribution in [0.5, 0.6) is 5.88 Å². The highest BCUT2D eigenvalue weighted by atomic mass is 32.2. The average Bonchev–Trinajstić information content (AvgIpc) is 3.50. The Balaban J connectivity index is 1.27. The van der Waals surface area contributed by atoms with Crippen LogP contribution in [0.2, 0.25) is 0 Å². The van der Waals surface area contributed by atoms with E-state index >= 15 is 0 Å². The molecule has 0 spiro atoms. The van der Waals surface area contributed by atoms with Crippen LogP contribution in [0, 0.1) is 29.6 Å². The molecule has 4 saturated heterocycles. The Kier molecular flexibility index (Phi) is 10.4. The number of fused-ring (bicyclic) bond motifs is 6. The SMILES string of the molecule is CC(C)C(COc1ccn(C2CCC3CNSC4CCCC(NCCC[C@@H]5CN(C3N2)C(C)(C)C5)N4)n1)C(C)C. The second kappa shape index (κ2) is 13.6. The van der Waals surface area contributed by atoms with Crippen molar-refractivity contribution in [3.63, 3.8) is 0 Å². The minimum atomic E-state index is 0.194. The van der Waals surface area contributed by atoms with Gasteiger partial charge in [-0.2, -0.15) is 0 Å². The van der Waals surface area contributed by atoms with Gasteiger partial charge in [0.1, 0.15) is 6.17 Å². The Hall–Kier alpha value is -0.840. The Labute approximate surface area is 248 Å². The minimum absolute atomic E-state index is 0.194. The van der Waals surface area contributed by atoms with Gasteiger partial charge in [-0.25, -0.2) is 0 Å². The number of ether oxygens (including phenoxy) is 1. The molecule has 40 heavy (non-hydrogen) atoms. The molecule has 0 radical (unpaired) electrons. The van der Waals surface area contributed by atoms with Crippen LogP contribution in [0.4, 0.5) is 0 Å². The van der Waals surface area contributed by atoms with Gasteiger partial charge in [-0.3, -0.25) is 24.9 Å². The monoisotopic (exact) mass is 575 g/mol. The number of nitrogens with zero attached hydrogens (tertiary/aromatic N) is 3. The van der Waals surface area contributed by atoms with E-state index in [1.807, 2.05) is 11.9 Å². The van der Waals surface area contributed by atoms with Gasteiger partial charge >= 0.3 is 0 Å². The van der Waals surface area contributed by atoms with Crippen LogP contribution in [0.1, 0.15) is 99.1 Å². The largest absolute Gasteiger partial charge is 0.476 e. The van der Waals surface area contributed by atoms with Gasteiger partial charge in [-0.05, 0) is 95.4 Å². The lowest BCUT2D eigenvalue weighted by Gasteiger charge is -2.47. The average molecular weight is 576 g/mol. The molecule has 5 rings (SSSR count). The molecule has 4 bridgehead atoms. The van der Waals surface area contributed by atoms with Crippen LogP contribution < -0.4 is 25.4 Å². The first-order chi connectivity index (χ1) is 19.2. The summed E-state index contributed by atoms with van der Waals surface area (Å²) in [5, 5.41) is 17.1. The molecule has 4 fully saturated rings. The zero-order valence-corrected chi connectivity index (χ0v) is 26.8. The quantitative estimate of drug-likeness (QED) is 0.347. The van der Waals surface area contributed by atoms with Crippen LogP contribution >= 0.6 is 11.9 Å². The summed E-state index contributed by atoms with van der Waals surface area (Å²) in [5.74, 6) is 3.82. The van der Waals surface area contributed by atoms with Gasteiger partial charge in [0.15, 0.2) is 0 Å². The lowest BCUT2D eigenvalue weighted by atomic mass is 9.86. The third-order valence-corrected chi connectivity index (χ3v) is 11.1. The maximum atomic E-state index is 6.21. The summed E-state index contributed by atoms with van der Waals surface area (Å²) in [6.07, 6.45) is 13.0. The molecule has 228 valence electrons. The van der Waals surface area contributed by atoms with E-state index < -0.39 is 0 Å². The number of rotatable bonds is 6. The summed E-state index contributed by atoms with van der Waals surface area (Å²) in [7, 11) is 0. The zero-order valence-electron chi connectivity index (χ0n) is 26.0. The first-order valence-electron chi connectivity index (χ1n) is 16.3. The van der Waals surface area contributed by atoms with Crippen LogP contribution in [-0.4, -0.2) is 64.2 Å². The highest BCUT2D eigenvalue weighted by Crippen LogP contribution is 2.40. The van der Waals surface area contributed by atoms with E-state index in [-0.39, 0.29) is 11.7 Å². The normalized spacial score (nSPS) is 35.4. The standard InChI is InChI=1S/C31H57N7OS/c1-21(2)25(22(3)4)20-39-28-14-16-38(36-28)27-13-12-24-18-33-40-29-11-7-10-26(34-29)32-15-8-9-23-17-31(5,6)37(19-23)30(24)35-27/h14,16,21-27,29-30,32-35H,7-13,15,17-20H2,1-6H3/t23-,24?,26?,27?,29?,30?/m0/s1. The van der Waals surface area contributed by atoms with Crippen molar-refractivity contribution in [2.24, 2.45) is 29.6 Å². The molecule has 5 heterocycles. The molecule has 6 unspecified atom stereocenters. The maximum absolute atomic E-state index is 6.21. The Morgan fingerprint density at radius 2 is 1.88 bits per heavy atom. The van der Waals surface area contributed by atoms with Gasteiger partial charge in [0, 0.05) is 36.8 Å². The molecular formula is C31H57N7OS. The number of hydrogen-bond acceptors (Lipinski definition) is 8. The van der Waals surface area contributed by atoms with E-state index in [0.29, 0.717) is 41.4 Å². The third-order valence-electron chi connectivity index (χ3n) is 10.1. The second-order valence-corrected chi connectivity index (χ2v) is 15.4. The predicted octanol–water partition coefficient (Wildman–Crippen LogP) is 5.16. The van der Waals surface area contributed by atoms with Gasteiger partial charge in [0.25, 0.3) is 0 Å². The summed E-state index contributed by atoms with van der Waals surface area (Å²) >= 11 is 1.91. The predicted molar refractivity (Wildman–Crippen MR) is 166 cm³/mol. The fourth-order valence-corrected chi connectivity index (χ4v) is 8.82. The smallest absolute Gasteiger partial charge is 0.232 e. The number of hydrogen-bond donors (Lipinski definition) is 4. The first-order valence-corrected chi connectivity index (χ1v) is 17.2. The molecule has 0 saturated carbocycles. The zero-order chi connectivity index (χ0) is 28.3. The lowest BCUT2D eigenvalue weighted by molar-refractivity contribution is 0.00916. The molecule has 4 aliphatic rings. The van der Waals surface area contributed by atoms with Crippen LogP contribution in [0.15, 0.2) is 12.3 Å². The molecule has 0 aromatic carbocycles. The Morgan fingerprint density at radius 1 is 1.05 bits per heavy atom. The molecule has 1 aromatic rings. The van der Waals surface area contributed by atoms with E-state index in [1.165, 1.54) is 51.5 Å². The van der Waals surface area contributed by atoms with Crippen LogP contribution in [-0.2, 0) is 0 Å². The number of piperidine rings is 2. The molecule has 4 aliphatic heterocycles. The summed E-state index contributed by atoms with van der Waals surface area (Å²) in [6, 6.07) is 2.05. The molecule has 4 N–H and O–H groups in total. The molecule has 0 aliphatic carbocycles. The Bertz CT molecular complexity index is 915. The second-order valence-electron chi connectivity index (χ2n) is 14.3. The van der Waals surface area contributed by atoms with Gasteiger partial charge in [0.2, 0.25) is 5.88 Å². The van der Waals surface area contributed by atoms with E-state index in [2.05, 4.69) is 84.1 Å². The van der Waals surface area contributed by atoms with Gasteiger partial charge < -0.3 is 10.1 Å². The van der Waals surface area contributed by atoms with E-state index in [1.54, 1.807) is 0 Å². The molecule has 7 atom stereocenters. The third kappa shape index (κ3) is 7.56. The van der Waals surface area contributed by atoms with Crippen molar-refractivity contribution < 1.29 is 4.74 Å². The van der Waals surface area contributed by atoms with Crippen molar-refractivity contribution >= 4 is 11.9 Å². The maximum Gasteiger partial charge on any atom is 0.232 e. The van der Waals surface area contributed by atoms with Crippen molar-refractivity contribution in [1.82, 2.24) is 35.4 Å². The summed E-state index contributed by atoms with van der Waals surface area (Å²) in [5.41, 5.74) is 0.194. The summed E-state index contributed by atoms with van der Waals surface area (Å²) < 4.78 is 12.2. The summed E-state index contributed by atoms with van der Waals surface area (Å²) in [6.45, 7) is 18.2. The molecule has 1 aromatic heterocycles. The topological polar surface area (TPSA) is 78.4 Å². The van der Waals surface area contributed by atoms with Gasteiger partial charge in [0.05, 0.1) is 24.3 Å². The van der Waals surface area contributed by atoms with Crippen molar-refractivity contribution in [2.45, 2.75) is 122 Å². The molecule has 0 amide bonds. The van der Waals surface area contributed by atoms with Crippen LogP contribution in [0.25, 0.3) is 0 Å². The van der Waals surface area contributed by atoms with Crippen molar-refractivity contribution in [3.8, 4) is 5.88 Å². The molecule has 8 nitrogen and oxygen atoms in total. The van der Waals surface area contributed by atoms with Crippen LogP contribution in [0.3, 0.4) is 0 Å². The van der Waals surface area contributed by atoms with Gasteiger partial charge in [-0.1, -0.05) is 39.6 Å². The molecule has 9 heteroatoms. The minimum Gasteiger partial charge on any atom is -0.476 e. The van der Waals surface area contributed by atoms with Crippen molar-refractivity contribution in [2.75, 3.05) is 26.2 Å². The van der Waals surface area contributed by atoms with Crippen molar-refractivity contribution in [3.05, 3.63) is 12.3 Å². The molecular weight excluding hydrogens is 518 g/mol. The number of aromatic nitrogens is 2. The fourth-order valence-electron chi connectivity index (χ4n) is 7.79. The highest BCUT2D eigenvalue weighted by molar-refractivity contribution is 7.98. The van der Waals surface area contributed by atoms with E-state index in [4.69, 9.17) is 9.84 Å². The van der Waals surface area contributed by atoms with Gasteiger partial charge in [-0.15, -0.1) is 5.10 Å². The summed E-state index contributed by atoms with van der Waals surface area (Å²) in [4.78, 5) is 2.81. The number of nitrogens with one attached hydrogen (secondary N) is 4. The fraction of sp³-hybridized carbons (Fsp3) is 0.903. The van der Waals surface area contributed by atoms with E-state index in [9.17, 15) is 0 Å². The Morgan fingerprint density at radius 3 is 2.67 bits per heavy atom. The first kappa shape index (κ1) is 30.6. The van der Waals surface area contributed by atoms with E-state index in [0.717, 1.165) is 37.9 Å². The lowest BCUT2D eigenvalue weighted by Crippen LogP contribution is -2.60. The highest BCUT2D eigenvalue weighted by Gasteiger charge is 2.46. The van der Waals surface area contributed by atoms with Crippen molar-refractivity contribution in [1.29, 1.82) is 0 Å².